The maximum Gasteiger partial charge on any atom is 0.122 e. The molecule has 1 saturated heterocycles. The molecule has 5 nitrogen and oxygen atoms in total. The molecule has 1 N–H and O–H groups in total. The number of ether oxygens (including phenoxy) is 2. The van der Waals surface area contributed by atoms with Crippen molar-refractivity contribution in [2.24, 2.45) is 0 Å². The molecule has 0 unspecified atom stereocenters. The van der Waals surface area contributed by atoms with E-state index in [0.717, 1.165) is 61.2 Å². The van der Waals surface area contributed by atoms with Gasteiger partial charge in [-0.15, -0.1) is 0 Å². The maximum absolute atomic E-state index is 9.58. The van der Waals surface area contributed by atoms with Crippen LogP contribution in [-0.4, -0.2) is 61.4 Å². The average Bonchev–Trinajstić information content (AvgIpc) is 2.70. The summed E-state index contributed by atoms with van der Waals surface area (Å²) in [5.41, 5.74) is 2.38. The van der Waals surface area contributed by atoms with E-state index in [1.165, 1.54) is 5.56 Å². The molecule has 28 heavy (non-hydrogen) atoms. The summed E-state index contributed by atoms with van der Waals surface area (Å²) in [6, 6.07) is 14.3. The largest absolute Gasteiger partial charge is 0.497 e. The van der Waals surface area contributed by atoms with Gasteiger partial charge in [-0.3, -0.25) is 9.80 Å². The summed E-state index contributed by atoms with van der Waals surface area (Å²) in [6.07, 6.45) is 0.757. The number of benzene rings is 2. The zero-order valence-corrected chi connectivity index (χ0v) is 17.4. The van der Waals surface area contributed by atoms with Gasteiger partial charge in [-0.05, 0) is 41.8 Å². The fourth-order valence-corrected chi connectivity index (χ4v) is 4.03. The highest BCUT2D eigenvalue weighted by molar-refractivity contribution is 6.30. The van der Waals surface area contributed by atoms with Crippen LogP contribution in [0.3, 0.4) is 0 Å². The monoisotopic (exact) mass is 404 g/mol. The van der Waals surface area contributed by atoms with Gasteiger partial charge in [0.15, 0.2) is 0 Å². The minimum absolute atomic E-state index is 0.188. The Bertz CT molecular complexity index is 749. The number of aliphatic hydroxyl groups is 1. The highest BCUT2D eigenvalue weighted by Crippen LogP contribution is 2.25. The van der Waals surface area contributed by atoms with Crippen molar-refractivity contribution in [1.82, 2.24) is 9.80 Å². The molecule has 0 amide bonds. The van der Waals surface area contributed by atoms with Gasteiger partial charge in [-0.25, -0.2) is 0 Å². The summed E-state index contributed by atoms with van der Waals surface area (Å²) in [6.45, 7) is 4.73. The van der Waals surface area contributed by atoms with E-state index < -0.39 is 0 Å². The van der Waals surface area contributed by atoms with E-state index in [-0.39, 0.29) is 6.61 Å². The Morgan fingerprint density at radius 3 is 2.39 bits per heavy atom. The van der Waals surface area contributed by atoms with Crippen LogP contribution in [0, 0.1) is 0 Å². The molecule has 0 radical (unpaired) electrons. The van der Waals surface area contributed by atoms with Crippen molar-refractivity contribution >= 4 is 11.6 Å². The minimum atomic E-state index is 0.188. The summed E-state index contributed by atoms with van der Waals surface area (Å²) in [4.78, 5) is 4.88. The van der Waals surface area contributed by atoms with E-state index in [2.05, 4.69) is 28.0 Å². The van der Waals surface area contributed by atoms with Crippen LogP contribution in [0.15, 0.2) is 42.5 Å². The fourth-order valence-electron chi connectivity index (χ4n) is 3.82. The van der Waals surface area contributed by atoms with Crippen LogP contribution < -0.4 is 9.47 Å². The lowest BCUT2D eigenvalue weighted by molar-refractivity contribution is 0.0499. The number of piperazine rings is 1. The van der Waals surface area contributed by atoms with E-state index in [0.29, 0.717) is 6.04 Å². The molecule has 0 aromatic heterocycles. The first-order valence-corrected chi connectivity index (χ1v) is 10.0. The predicted molar refractivity (Wildman–Crippen MR) is 112 cm³/mol. The van der Waals surface area contributed by atoms with Crippen LogP contribution >= 0.6 is 11.6 Å². The Morgan fingerprint density at radius 2 is 1.75 bits per heavy atom. The SMILES string of the molecule is COc1cc(CN2CCN(Cc3cccc(Cl)c3)C[C@H]2CCO)cc(OC)c1. The second-order valence-electron chi connectivity index (χ2n) is 7.22. The second-order valence-corrected chi connectivity index (χ2v) is 7.66. The second kappa shape index (κ2) is 10.1. The first-order chi connectivity index (χ1) is 13.6. The Morgan fingerprint density at radius 1 is 1.00 bits per heavy atom. The molecular formula is C22H29ClN2O3. The first-order valence-electron chi connectivity index (χ1n) is 9.65. The lowest BCUT2D eigenvalue weighted by Crippen LogP contribution is -2.52. The van der Waals surface area contributed by atoms with Crippen molar-refractivity contribution < 1.29 is 14.6 Å². The Kier molecular flexibility index (Phi) is 7.57. The van der Waals surface area contributed by atoms with Crippen LogP contribution in [0.1, 0.15) is 17.5 Å². The Hall–Kier alpha value is -1.79. The predicted octanol–water partition coefficient (Wildman–Crippen LogP) is 3.43. The Balaban J connectivity index is 1.67. The summed E-state index contributed by atoms with van der Waals surface area (Å²) < 4.78 is 10.8. The Labute approximate surface area is 172 Å². The van der Waals surface area contributed by atoms with Crippen molar-refractivity contribution in [1.29, 1.82) is 0 Å². The van der Waals surface area contributed by atoms with Crippen molar-refractivity contribution in [3.8, 4) is 11.5 Å². The molecule has 2 aromatic rings. The summed E-state index contributed by atoms with van der Waals surface area (Å²) in [5.74, 6) is 1.60. The van der Waals surface area contributed by atoms with Gasteiger partial charge < -0.3 is 14.6 Å². The van der Waals surface area contributed by atoms with Crippen LogP contribution in [0.25, 0.3) is 0 Å². The highest BCUT2D eigenvalue weighted by atomic mass is 35.5. The van der Waals surface area contributed by atoms with Crippen LogP contribution in [-0.2, 0) is 13.1 Å². The number of rotatable bonds is 8. The van der Waals surface area contributed by atoms with Crippen molar-refractivity contribution in [3.05, 3.63) is 58.6 Å². The zero-order valence-electron chi connectivity index (χ0n) is 16.6. The van der Waals surface area contributed by atoms with Gasteiger partial charge in [-0.2, -0.15) is 0 Å². The number of nitrogens with zero attached hydrogens (tertiary/aromatic N) is 2. The third kappa shape index (κ3) is 5.61. The number of methoxy groups -OCH3 is 2. The van der Waals surface area contributed by atoms with Crippen LogP contribution in [0.5, 0.6) is 11.5 Å². The number of aliphatic hydroxyl groups excluding tert-OH is 1. The summed E-state index contributed by atoms with van der Waals surface area (Å²) in [7, 11) is 3.34. The highest BCUT2D eigenvalue weighted by Gasteiger charge is 2.27. The molecule has 1 atom stereocenters. The van der Waals surface area contributed by atoms with E-state index in [9.17, 15) is 5.11 Å². The standard InChI is InChI=1S/C22H29ClN2O3/c1-27-21-11-18(12-22(13-21)28-2)15-25-8-7-24(16-20(25)6-9-26)14-17-4-3-5-19(23)10-17/h3-5,10-13,20,26H,6-9,14-16H2,1-2H3/t20-/m1/s1. The molecule has 1 fully saturated rings. The van der Waals surface area contributed by atoms with E-state index in [4.69, 9.17) is 21.1 Å². The van der Waals surface area contributed by atoms with E-state index in [1.807, 2.05) is 24.3 Å². The first kappa shape index (κ1) is 20.9. The van der Waals surface area contributed by atoms with Crippen molar-refractivity contribution in [2.45, 2.75) is 25.6 Å². The van der Waals surface area contributed by atoms with Gasteiger partial charge >= 0.3 is 0 Å². The summed E-state index contributed by atoms with van der Waals surface area (Å²) >= 11 is 6.12. The molecule has 0 saturated carbocycles. The molecular weight excluding hydrogens is 376 g/mol. The van der Waals surface area contributed by atoms with Crippen molar-refractivity contribution in [2.75, 3.05) is 40.5 Å². The lowest BCUT2D eigenvalue weighted by atomic mass is 10.1. The molecule has 0 aliphatic carbocycles. The molecule has 6 heteroatoms. The number of hydrogen-bond donors (Lipinski definition) is 1. The van der Waals surface area contributed by atoms with E-state index in [1.54, 1.807) is 14.2 Å². The molecule has 3 rings (SSSR count). The minimum Gasteiger partial charge on any atom is -0.497 e. The smallest absolute Gasteiger partial charge is 0.122 e. The topological polar surface area (TPSA) is 45.2 Å². The number of hydrogen-bond acceptors (Lipinski definition) is 5. The maximum atomic E-state index is 9.58. The van der Waals surface area contributed by atoms with Gasteiger partial charge in [0, 0.05) is 56.5 Å². The molecule has 0 spiro atoms. The van der Waals surface area contributed by atoms with Gasteiger partial charge in [0.05, 0.1) is 14.2 Å². The third-order valence-corrected chi connectivity index (χ3v) is 5.48. The van der Waals surface area contributed by atoms with Crippen molar-refractivity contribution in [3.63, 3.8) is 0 Å². The van der Waals surface area contributed by atoms with Crippen LogP contribution in [0.2, 0.25) is 5.02 Å². The molecule has 1 aliphatic heterocycles. The molecule has 1 heterocycles. The quantitative estimate of drug-likeness (QED) is 0.730. The molecule has 152 valence electrons. The normalized spacial score (nSPS) is 18.2. The molecule has 1 aliphatic rings. The van der Waals surface area contributed by atoms with Gasteiger partial charge in [-0.1, -0.05) is 23.7 Å². The van der Waals surface area contributed by atoms with E-state index >= 15 is 0 Å². The molecule has 2 aromatic carbocycles. The fraction of sp³-hybridized carbons (Fsp3) is 0.455. The van der Waals surface area contributed by atoms with Crippen LogP contribution in [0.4, 0.5) is 0 Å². The van der Waals surface area contributed by atoms with Gasteiger partial charge in [0.1, 0.15) is 11.5 Å². The lowest BCUT2D eigenvalue weighted by Gasteiger charge is -2.41. The average molecular weight is 405 g/mol. The molecule has 0 bridgehead atoms. The van der Waals surface area contributed by atoms with Gasteiger partial charge in [0.2, 0.25) is 0 Å². The summed E-state index contributed by atoms with van der Waals surface area (Å²) in [5, 5.41) is 10.3. The number of halogens is 1. The third-order valence-electron chi connectivity index (χ3n) is 5.24. The zero-order chi connectivity index (χ0) is 19.9. The van der Waals surface area contributed by atoms with Gasteiger partial charge in [0.25, 0.3) is 0 Å².